The predicted molar refractivity (Wildman–Crippen MR) is 82.2 cm³/mol. The number of thiophene rings is 1. The molecule has 8 heteroatoms. The minimum Gasteiger partial charge on any atom is -0.207 e. The smallest absolute Gasteiger partial charge is 0.207 e. The van der Waals surface area contributed by atoms with Crippen molar-refractivity contribution in [1.82, 2.24) is 4.72 Å². The van der Waals surface area contributed by atoms with E-state index in [9.17, 15) is 12.8 Å². The quantitative estimate of drug-likeness (QED) is 0.832. The van der Waals surface area contributed by atoms with E-state index in [1.165, 1.54) is 23.5 Å². The Morgan fingerprint density at radius 3 is 2.60 bits per heavy atom. The van der Waals surface area contributed by atoms with Gasteiger partial charge in [0.1, 0.15) is 10.7 Å². The van der Waals surface area contributed by atoms with Crippen LogP contribution in [0.15, 0.2) is 39.7 Å². The number of rotatable bonds is 4. The Morgan fingerprint density at radius 2 is 2.05 bits per heavy atom. The summed E-state index contributed by atoms with van der Waals surface area (Å²) in [5.74, 6) is -0.803. The van der Waals surface area contributed by atoms with Crippen molar-refractivity contribution in [2.45, 2.75) is 17.9 Å². The van der Waals surface area contributed by atoms with Crippen LogP contribution in [0.5, 0.6) is 0 Å². The molecule has 1 unspecified atom stereocenters. The second-order valence-electron chi connectivity index (χ2n) is 4.06. The highest BCUT2D eigenvalue weighted by atomic mass is 79.9. The molecule has 1 heterocycles. The zero-order valence-corrected chi connectivity index (χ0v) is 14.2. The second kappa shape index (κ2) is 6.11. The lowest BCUT2D eigenvalue weighted by molar-refractivity contribution is 0.547. The summed E-state index contributed by atoms with van der Waals surface area (Å²) in [5.41, 5.74) is 0. The summed E-state index contributed by atoms with van der Waals surface area (Å²) < 4.78 is 41.5. The van der Waals surface area contributed by atoms with E-state index in [0.717, 1.165) is 10.9 Å². The van der Waals surface area contributed by atoms with Crippen molar-refractivity contribution in [3.05, 3.63) is 49.8 Å². The number of hydrogen-bond donors (Lipinski definition) is 1. The van der Waals surface area contributed by atoms with Gasteiger partial charge in [-0.05, 0) is 37.3 Å². The van der Waals surface area contributed by atoms with E-state index in [4.69, 9.17) is 11.6 Å². The molecular formula is C12H10BrClFNO2S2. The number of sulfonamides is 1. The predicted octanol–water partition coefficient (Wildman–Crippen LogP) is 4.34. The molecular weight excluding hydrogens is 389 g/mol. The molecule has 2 aromatic rings. The van der Waals surface area contributed by atoms with Crippen molar-refractivity contribution in [3.63, 3.8) is 0 Å². The van der Waals surface area contributed by atoms with Crippen LogP contribution in [0, 0.1) is 5.82 Å². The normalized spacial score (nSPS) is 13.4. The van der Waals surface area contributed by atoms with Crippen molar-refractivity contribution in [1.29, 1.82) is 0 Å². The first-order valence-corrected chi connectivity index (χ1v) is 8.99. The number of nitrogens with one attached hydrogen (secondary N) is 1. The standard InChI is InChI=1S/C12H10BrClFNO2S2/c1-7(10-3-5-12(14)19-10)16-20(17,18)11-4-2-8(13)6-9(11)15/h2-7,16H,1H3. The molecule has 2 rings (SSSR count). The first kappa shape index (κ1) is 15.9. The summed E-state index contributed by atoms with van der Waals surface area (Å²) in [6.45, 7) is 1.68. The van der Waals surface area contributed by atoms with E-state index >= 15 is 0 Å². The lowest BCUT2D eigenvalue weighted by Gasteiger charge is -2.13. The molecule has 0 saturated carbocycles. The molecule has 3 nitrogen and oxygen atoms in total. The number of halogens is 3. The van der Waals surface area contributed by atoms with Crippen molar-refractivity contribution in [2.75, 3.05) is 0 Å². The molecule has 0 radical (unpaired) electrons. The van der Waals surface area contributed by atoms with Gasteiger partial charge < -0.3 is 0 Å². The van der Waals surface area contributed by atoms with Gasteiger partial charge in [-0.15, -0.1) is 11.3 Å². The summed E-state index contributed by atoms with van der Waals surface area (Å²) in [4.78, 5) is 0.381. The maximum atomic E-state index is 13.7. The summed E-state index contributed by atoms with van der Waals surface area (Å²) in [7, 11) is -3.93. The molecule has 0 saturated heterocycles. The third-order valence-corrected chi connectivity index (χ3v) is 6.02. The van der Waals surface area contributed by atoms with Crippen molar-refractivity contribution >= 4 is 48.9 Å². The van der Waals surface area contributed by atoms with Gasteiger partial charge in [0.05, 0.1) is 10.4 Å². The monoisotopic (exact) mass is 397 g/mol. The average molecular weight is 399 g/mol. The Kier molecular flexibility index (Phi) is 4.86. The molecule has 1 aromatic carbocycles. The minimum absolute atomic E-state index is 0.379. The lowest BCUT2D eigenvalue weighted by atomic mass is 10.3. The van der Waals surface area contributed by atoms with Gasteiger partial charge in [0.2, 0.25) is 10.0 Å². The van der Waals surface area contributed by atoms with E-state index in [1.807, 2.05) is 0 Å². The number of hydrogen-bond acceptors (Lipinski definition) is 3. The highest BCUT2D eigenvalue weighted by Gasteiger charge is 2.22. The largest absolute Gasteiger partial charge is 0.244 e. The number of benzene rings is 1. The molecule has 1 aromatic heterocycles. The van der Waals surface area contributed by atoms with E-state index < -0.39 is 21.9 Å². The van der Waals surface area contributed by atoms with Gasteiger partial charge in [0, 0.05) is 9.35 Å². The van der Waals surface area contributed by atoms with Crippen molar-refractivity contribution in [3.8, 4) is 0 Å². The Hall–Kier alpha value is -0.470. The molecule has 0 aliphatic carbocycles. The lowest BCUT2D eigenvalue weighted by Crippen LogP contribution is -2.27. The highest BCUT2D eigenvalue weighted by molar-refractivity contribution is 9.10. The van der Waals surface area contributed by atoms with Crippen LogP contribution in [0.25, 0.3) is 0 Å². The van der Waals surface area contributed by atoms with Crippen LogP contribution in [0.2, 0.25) is 4.34 Å². The molecule has 0 fully saturated rings. The van der Waals surface area contributed by atoms with Crippen LogP contribution in [0.1, 0.15) is 17.8 Å². The molecule has 0 amide bonds. The van der Waals surface area contributed by atoms with E-state index in [2.05, 4.69) is 20.7 Å². The summed E-state index contributed by atoms with van der Waals surface area (Å²) in [6.07, 6.45) is 0. The molecule has 20 heavy (non-hydrogen) atoms. The molecule has 1 N–H and O–H groups in total. The van der Waals surface area contributed by atoms with E-state index in [1.54, 1.807) is 19.1 Å². The first-order chi connectivity index (χ1) is 9.29. The fourth-order valence-corrected chi connectivity index (χ4v) is 4.36. The van der Waals surface area contributed by atoms with Gasteiger partial charge in [-0.25, -0.2) is 17.5 Å². The second-order valence-corrected chi connectivity index (χ2v) is 8.40. The Balaban J connectivity index is 2.27. The fourth-order valence-electron chi connectivity index (χ4n) is 1.61. The summed E-state index contributed by atoms with van der Waals surface area (Å²) in [6, 6.07) is 6.74. The maximum Gasteiger partial charge on any atom is 0.244 e. The van der Waals surface area contributed by atoms with Gasteiger partial charge >= 0.3 is 0 Å². The van der Waals surface area contributed by atoms with Crippen LogP contribution in [0.3, 0.4) is 0 Å². The van der Waals surface area contributed by atoms with Crippen molar-refractivity contribution < 1.29 is 12.8 Å². The topological polar surface area (TPSA) is 46.2 Å². The van der Waals surface area contributed by atoms with Gasteiger partial charge in [-0.3, -0.25) is 0 Å². The zero-order chi connectivity index (χ0) is 14.9. The Bertz CT molecular complexity index is 733. The van der Waals surface area contributed by atoms with Crippen LogP contribution in [0.4, 0.5) is 4.39 Å². The SMILES string of the molecule is CC(NS(=O)(=O)c1ccc(Br)cc1F)c1ccc(Cl)s1. The van der Waals surface area contributed by atoms with E-state index in [0.29, 0.717) is 8.81 Å². The first-order valence-electron chi connectivity index (χ1n) is 5.52. The van der Waals surface area contributed by atoms with Crippen LogP contribution in [-0.2, 0) is 10.0 Å². The molecule has 0 spiro atoms. The molecule has 1 atom stereocenters. The highest BCUT2D eigenvalue weighted by Crippen LogP contribution is 2.28. The molecule has 0 aliphatic rings. The Morgan fingerprint density at radius 1 is 1.35 bits per heavy atom. The summed E-state index contributed by atoms with van der Waals surface area (Å²) >= 11 is 10.2. The fraction of sp³-hybridized carbons (Fsp3) is 0.167. The average Bonchev–Trinajstić information content (AvgIpc) is 2.74. The summed E-state index contributed by atoms with van der Waals surface area (Å²) in [5, 5.41) is 0. The zero-order valence-electron chi connectivity index (χ0n) is 10.2. The van der Waals surface area contributed by atoms with Gasteiger partial charge in [-0.1, -0.05) is 27.5 Å². The van der Waals surface area contributed by atoms with Crippen LogP contribution >= 0.6 is 38.9 Å². The Labute approximate surface area is 134 Å². The maximum absolute atomic E-state index is 13.7. The van der Waals surface area contributed by atoms with Crippen LogP contribution < -0.4 is 4.72 Å². The third-order valence-electron chi connectivity index (χ3n) is 2.54. The van der Waals surface area contributed by atoms with Gasteiger partial charge in [0.25, 0.3) is 0 Å². The van der Waals surface area contributed by atoms with Crippen molar-refractivity contribution in [2.24, 2.45) is 0 Å². The molecule has 0 bridgehead atoms. The van der Waals surface area contributed by atoms with Crippen LogP contribution in [-0.4, -0.2) is 8.42 Å². The third kappa shape index (κ3) is 3.59. The van der Waals surface area contributed by atoms with Gasteiger partial charge in [-0.2, -0.15) is 0 Å². The molecule has 0 aliphatic heterocycles. The molecule has 108 valence electrons. The van der Waals surface area contributed by atoms with E-state index in [-0.39, 0.29) is 4.90 Å². The van der Waals surface area contributed by atoms with Gasteiger partial charge in [0.15, 0.2) is 0 Å². The minimum atomic E-state index is -3.93.